The molecule has 2 aliphatic rings. The number of likely N-dealkylation sites (tertiary alicyclic amines) is 1. The summed E-state index contributed by atoms with van der Waals surface area (Å²) in [6, 6.07) is 0.528. The maximum absolute atomic E-state index is 11.9. The second-order valence-electron chi connectivity index (χ2n) is 6.55. The van der Waals surface area contributed by atoms with E-state index < -0.39 is 0 Å². The number of carbonyl (C=O) groups is 1. The van der Waals surface area contributed by atoms with Crippen molar-refractivity contribution in [1.29, 1.82) is 0 Å². The molecule has 0 aromatic carbocycles. The average molecular weight is 239 g/mol. The van der Waals surface area contributed by atoms with Crippen LogP contribution in [0.15, 0.2) is 0 Å². The summed E-state index contributed by atoms with van der Waals surface area (Å²) in [6.45, 7) is 12.2. The third-order valence-corrected chi connectivity index (χ3v) is 3.92. The molecular formula is C13H25N3O. The van der Waals surface area contributed by atoms with Gasteiger partial charge in [-0.1, -0.05) is 0 Å². The van der Waals surface area contributed by atoms with Crippen LogP contribution in [0.2, 0.25) is 0 Å². The maximum atomic E-state index is 11.9. The van der Waals surface area contributed by atoms with E-state index in [-0.39, 0.29) is 11.4 Å². The highest BCUT2D eigenvalue weighted by atomic mass is 16.2. The lowest BCUT2D eigenvalue weighted by Gasteiger charge is -2.26. The Bertz CT molecular complexity index is 298. The monoisotopic (exact) mass is 239 g/mol. The van der Waals surface area contributed by atoms with E-state index in [1.807, 2.05) is 20.8 Å². The zero-order valence-electron chi connectivity index (χ0n) is 11.4. The number of rotatable bonds is 2. The molecule has 0 aromatic heterocycles. The topological polar surface area (TPSA) is 44.4 Å². The van der Waals surface area contributed by atoms with Gasteiger partial charge in [-0.25, -0.2) is 0 Å². The van der Waals surface area contributed by atoms with Gasteiger partial charge in [-0.15, -0.1) is 0 Å². The second kappa shape index (κ2) is 4.58. The average Bonchev–Trinajstić information content (AvgIpc) is 2.69. The molecule has 0 spiro atoms. The van der Waals surface area contributed by atoms with Crippen LogP contribution < -0.4 is 10.6 Å². The summed E-state index contributed by atoms with van der Waals surface area (Å²) in [4.78, 5) is 14.2. The molecule has 2 saturated heterocycles. The third-order valence-electron chi connectivity index (χ3n) is 3.92. The fourth-order valence-corrected chi connectivity index (χ4v) is 3.11. The van der Waals surface area contributed by atoms with Gasteiger partial charge < -0.3 is 10.6 Å². The van der Waals surface area contributed by atoms with E-state index in [1.165, 1.54) is 0 Å². The van der Waals surface area contributed by atoms with Crippen molar-refractivity contribution in [2.75, 3.05) is 26.2 Å². The molecule has 2 aliphatic heterocycles. The van der Waals surface area contributed by atoms with Gasteiger partial charge in [0.05, 0.1) is 6.54 Å². The van der Waals surface area contributed by atoms with Gasteiger partial charge in [-0.05, 0) is 52.6 Å². The van der Waals surface area contributed by atoms with Gasteiger partial charge >= 0.3 is 0 Å². The summed E-state index contributed by atoms with van der Waals surface area (Å²) in [5.41, 5.74) is -0.128. The van der Waals surface area contributed by atoms with Gasteiger partial charge in [0.25, 0.3) is 0 Å². The van der Waals surface area contributed by atoms with Gasteiger partial charge in [0, 0.05) is 18.1 Å². The van der Waals surface area contributed by atoms with E-state index in [1.54, 1.807) is 0 Å². The fourth-order valence-electron chi connectivity index (χ4n) is 3.11. The number of nitrogens with zero attached hydrogens (tertiary/aromatic N) is 1. The lowest BCUT2D eigenvalue weighted by molar-refractivity contribution is -0.123. The second-order valence-corrected chi connectivity index (χ2v) is 6.55. The fraction of sp³-hybridized carbons (Fsp3) is 0.923. The number of carbonyl (C=O) groups excluding carboxylic acids is 1. The number of fused-ring (bicyclic) bond motifs is 1. The zero-order chi connectivity index (χ0) is 12.6. The van der Waals surface area contributed by atoms with Crippen LogP contribution in [0.3, 0.4) is 0 Å². The Morgan fingerprint density at radius 2 is 2.12 bits per heavy atom. The van der Waals surface area contributed by atoms with E-state index >= 15 is 0 Å². The molecule has 3 atom stereocenters. The Hall–Kier alpha value is -0.610. The van der Waals surface area contributed by atoms with Crippen molar-refractivity contribution in [2.45, 2.75) is 39.3 Å². The van der Waals surface area contributed by atoms with Crippen LogP contribution in [0.5, 0.6) is 0 Å². The van der Waals surface area contributed by atoms with Gasteiger partial charge in [-0.2, -0.15) is 0 Å². The summed E-state index contributed by atoms with van der Waals surface area (Å²) >= 11 is 0. The van der Waals surface area contributed by atoms with E-state index in [2.05, 4.69) is 22.5 Å². The Kier molecular flexibility index (Phi) is 3.46. The summed E-state index contributed by atoms with van der Waals surface area (Å²) in [6.07, 6.45) is 0. The first-order valence-electron chi connectivity index (χ1n) is 6.62. The molecular weight excluding hydrogens is 214 g/mol. The van der Waals surface area contributed by atoms with Crippen LogP contribution in [0.4, 0.5) is 0 Å². The molecule has 17 heavy (non-hydrogen) atoms. The molecule has 4 nitrogen and oxygen atoms in total. The van der Waals surface area contributed by atoms with Gasteiger partial charge in [0.2, 0.25) is 5.91 Å². The number of amides is 1. The Morgan fingerprint density at radius 1 is 1.41 bits per heavy atom. The lowest BCUT2D eigenvalue weighted by atomic mass is 9.95. The first-order chi connectivity index (χ1) is 7.87. The molecule has 0 aliphatic carbocycles. The largest absolute Gasteiger partial charge is 0.350 e. The standard InChI is InChI=1S/C13H25N3O/c1-9-11-6-14-5-10(11)7-16(9)8-12(17)15-13(2,3)4/h9-11,14H,5-8H2,1-4H3,(H,15,17). The highest BCUT2D eigenvalue weighted by Gasteiger charge is 2.42. The number of nitrogens with one attached hydrogen (secondary N) is 2. The molecule has 2 rings (SSSR count). The van der Waals surface area contributed by atoms with Crippen molar-refractivity contribution in [1.82, 2.24) is 15.5 Å². The van der Waals surface area contributed by atoms with Crippen LogP contribution >= 0.6 is 0 Å². The Balaban J connectivity index is 1.86. The molecule has 3 unspecified atom stereocenters. The van der Waals surface area contributed by atoms with E-state index in [0.29, 0.717) is 12.6 Å². The first-order valence-corrected chi connectivity index (χ1v) is 6.62. The van der Waals surface area contributed by atoms with E-state index in [9.17, 15) is 4.79 Å². The molecule has 4 heteroatoms. The molecule has 0 saturated carbocycles. The molecule has 0 bridgehead atoms. The molecule has 1 amide bonds. The van der Waals surface area contributed by atoms with Gasteiger partial charge in [0.15, 0.2) is 0 Å². The van der Waals surface area contributed by atoms with Crippen molar-refractivity contribution in [2.24, 2.45) is 11.8 Å². The highest BCUT2D eigenvalue weighted by molar-refractivity contribution is 5.78. The zero-order valence-corrected chi connectivity index (χ0v) is 11.4. The van der Waals surface area contributed by atoms with Crippen molar-refractivity contribution in [3.8, 4) is 0 Å². The van der Waals surface area contributed by atoms with Crippen LogP contribution in [0.25, 0.3) is 0 Å². The molecule has 2 N–H and O–H groups in total. The lowest BCUT2D eigenvalue weighted by Crippen LogP contribution is -2.47. The predicted octanol–water partition coefficient (Wildman–Crippen LogP) is 0.441. The maximum Gasteiger partial charge on any atom is 0.234 e. The Morgan fingerprint density at radius 3 is 2.71 bits per heavy atom. The van der Waals surface area contributed by atoms with Gasteiger partial charge in [0.1, 0.15) is 0 Å². The van der Waals surface area contributed by atoms with Crippen molar-refractivity contribution >= 4 is 5.91 Å². The summed E-state index contributed by atoms with van der Waals surface area (Å²) < 4.78 is 0. The minimum absolute atomic E-state index is 0.128. The molecule has 2 fully saturated rings. The highest BCUT2D eigenvalue weighted by Crippen LogP contribution is 2.31. The number of hydrogen-bond donors (Lipinski definition) is 2. The summed E-state index contributed by atoms with van der Waals surface area (Å²) in [5.74, 6) is 1.63. The van der Waals surface area contributed by atoms with Crippen molar-refractivity contribution < 1.29 is 4.79 Å². The third kappa shape index (κ3) is 2.99. The smallest absolute Gasteiger partial charge is 0.234 e. The normalized spacial score (nSPS) is 33.8. The quantitative estimate of drug-likeness (QED) is 0.735. The molecule has 0 aromatic rings. The molecule has 0 radical (unpaired) electrons. The minimum atomic E-state index is -0.128. The van der Waals surface area contributed by atoms with Crippen LogP contribution in [0, 0.1) is 11.8 Å². The van der Waals surface area contributed by atoms with Crippen LogP contribution in [0.1, 0.15) is 27.7 Å². The minimum Gasteiger partial charge on any atom is -0.350 e. The summed E-state index contributed by atoms with van der Waals surface area (Å²) in [5, 5.41) is 6.48. The number of hydrogen-bond acceptors (Lipinski definition) is 3. The van der Waals surface area contributed by atoms with E-state index in [0.717, 1.165) is 31.5 Å². The summed E-state index contributed by atoms with van der Waals surface area (Å²) in [7, 11) is 0. The Labute approximate surface area is 104 Å². The molecule has 98 valence electrons. The van der Waals surface area contributed by atoms with Crippen LogP contribution in [-0.2, 0) is 4.79 Å². The first kappa shape index (κ1) is 12.8. The SMILES string of the molecule is CC1C2CNCC2CN1CC(=O)NC(C)(C)C. The van der Waals surface area contributed by atoms with Gasteiger partial charge in [-0.3, -0.25) is 9.69 Å². The van der Waals surface area contributed by atoms with Crippen LogP contribution in [-0.4, -0.2) is 48.6 Å². The van der Waals surface area contributed by atoms with Crippen molar-refractivity contribution in [3.05, 3.63) is 0 Å². The molecule has 2 heterocycles. The predicted molar refractivity (Wildman–Crippen MR) is 68.8 cm³/mol. The van der Waals surface area contributed by atoms with E-state index in [4.69, 9.17) is 0 Å². The van der Waals surface area contributed by atoms with Crippen molar-refractivity contribution in [3.63, 3.8) is 0 Å².